The van der Waals surface area contributed by atoms with Crippen molar-refractivity contribution in [2.24, 2.45) is 5.92 Å². The molecule has 0 spiro atoms. The van der Waals surface area contributed by atoms with Crippen LogP contribution >= 0.6 is 23.2 Å². The molecule has 1 aromatic rings. The maximum atomic E-state index is 11.8. The summed E-state index contributed by atoms with van der Waals surface area (Å²) in [5.41, 5.74) is 0.753. The number of rotatable bonds is 4. The zero-order chi connectivity index (χ0) is 14.5. The van der Waals surface area contributed by atoms with Crippen molar-refractivity contribution >= 4 is 29.2 Å². The molecule has 110 valence electrons. The molecule has 20 heavy (non-hydrogen) atoms. The van der Waals surface area contributed by atoms with E-state index in [1.807, 2.05) is 6.92 Å². The highest BCUT2D eigenvalue weighted by Crippen LogP contribution is 2.23. The molecule has 0 aliphatic carbocycles. The molecule has 2 rings (SSSR count). The number of carbonyl (C=O) groups excluding carboxylic acids is 1. The highest BCUT2D eigenvalue weighted by atomic mass is 35.5. The second kappa shape index (κ2) is 7.25. The van der Waals surface area contributed by atoms with Gasteiger partial charge in [-0.1, -0.05) is 23.2 Å². The van der Waals surface area contributed by atoms with Crippen LogP contribution in [0.5, 0.6) is 0 Å². The van der Waals surface area contributed by atoms with Crippen molar-refractivity contribution < 1.29 is 9.53 Å². The minimum absolute atomic E-state index is 0.0540. The number of hydrogen-bond acceptors (Lipinski definition) is 4. The van der Waals surface area contributed by atoms with E-state index >= 15 is 0 Å². The van der Waals surface area contributed by atoms with Gasteiger partial charge in [0.1, 0.15) is 5.15 Å². The van der Waals surface area contributed by atoms with E-state index in [-0.39, 0.29) is 11.9 Å². The Bertz CT molecular complexity index is 482. The second-order valence-electron chi connectivity index (χ2n) is 4.89. The van der Waals surface area contributed by atoms with E-state index in [0.717, 1.165) is 25.1 Å². The Hall–Kier alpha value is -0.840. The predicted octanol–water partition coefficient (Wildman–Crippen LogP) is 3.16. The lowest BCUT2D eigenvalue weighted by atomic mass is 9.98. The number of hydrogen-bond donors (Lipinski definition) is 0. The molecular weight excluding hydrogens is 299 g/mol. The second-order valence-corrected chi connectivity index (χ2v) is 5.68. The molecule has 1 fully saturated rings. The van der Waals surface area contributed by atoms with Crippen LogP contribution < -0.4 is 0 Å². The SMILES string of the molecule is CCOC(=O)[C@H]1CCCN(Cc2nc(Cl)ccc2Cl)C1. The summed E-state index contributed by atoms with van der Waals surface area (Å²) in [6.07, 6.45) is 1.85. The molecule has 0 saturated carbocycles. The van der Waals surface area contributed by atoms with Gasteiger partial charge in [-0.3, -0.25) is 9.69 Å². The maximum Gasteiger partial charge on any atom is 0.310 e. The summed E-state index contributed by atoms with van der Waals surface area (Å²) in [5, 5.41) is 1.04. The summed E-state index contributed by atoms with van der Waals surface area (Å²) in [4.78, 5) is 18.2. The number of piperidine rings is 1. The van der Waals surface area contributed by atoms with Gasteiger partial charge in [-0.25, -0.2) is 4.98 Å². The van der Waals surface area contributed by atoms with Crippen molar-refractivity contribution in [3.05, 3.63) is 28.0 Å². The smallest absolute Gasteiger partial charge is 0.310 e. The first-order valence-electron chi connectivity index (χ1n) is 6.80. The summed E-state index contributed by atoms with van der Waals surface area (Å²) >= 11 is 12.0. The number of esters is 1. The van der Waals surface area contributed by atoms with E-state index in [2.05, 4.69) is 9.88 Å². The van der Waals surface area contributed by atoms with Gasteiger partial charge < -0.3 is 4.74 Å². The number of nitrogens with zero attached hydrogens (tertiary/aromatic N) is 2. The van der Waals surface area contributed by atoms with Crippen LogP contribution in [0.2, 0.25) is 10.2 Å². The Morgan fingerprint density at radius 3 is 3.05 bits per heavy atom. The quantitative estimate of drug-likeness (QED) is 0.632. The molecular formula is C14H18Cl2N2O2. The lowest BCUT2D eigenvalue weighted by Gasteiger charge is -2.31. The Balaban J connectivity index is 1.99. The van der Waals surface area contributed by atoms with Crippen LogP contribution in [0.1, 0.15) is 25.5 Å². The standard InChI is InChI=1S/C14H18Cl2N2O2/c1-2-20-14(19)10-4-3-7-18(8-10)9-12-11(15)5-6-13(16)17-12/h5-6,10H,2-4,7-9H2,1H3/t10-/m0/s1. The third-order valence-electron chi connectivity index (χ3n) is 3.38. The zero-order valence-electron chi connectivity index (χ0n) is 11.4. The van der Waals surface area contributed by atoms with E-state index in [1.54, 1.807) is 12.1 Å². The van der Waals surface area contributed by atoms with Crippen LogP contribution in [0, 0.1) is 5.92 Å². The monoisotopic (exact) mass is 316 g/mol. The van der Waals surface area contributed by atoms with Gasteiger partial charge in [0.15, 0.2) is 0 Å². The number of carbonyl (C=O) groups is 1. The number of pyridine rings is 1. The molecule has 4 nitrogen and oxygen atoms in total. The first-order chi connectivity index (χ1) is 9.60. The number of likely N-dealkylation sites (tertiary alicyclic amines) is 1. The largest absolute Gasteiger partial charge is 0.466 e. The summed E-state index contributed by atoms with van der Waals surface area (Å²) in [7, 11) is 0. The van der Waals surface area contributed by atoms with E-state index in [9.17, 15) is 4.79 Å². The van der Waals surface area contributed by atoms with Crippen LogP contribution in [0.4, 0.5) is 0 Å². The molecule has 1 aromatic heterocycles. The predicted molar refractivity (Wildman–Crippen MR) is 78.9 cm³/mol. The molecule has 0 amide bonds. The summed E-state index contributed by atoms with van der Waals surface area (Å²) in [5.74, 6) is -0.163. The fourth-order valence-corrected chi connectivity index (χ4v) is 2.76. The van der Waals surface area contributed by atoms with Crippen molar-refractivity contribution in [2.45, 2.75) is 26.3 Å². The number of ether oxygens (including phenoxy) is 1. The highest BCUT2D eigenvalue weighted by Gasteiger charge is 2.27. The minimum Gasteiger partial charge on any atom is -0.466 e. The van der Waals surface area contributed by atoms with Gasteiger partial charge in [0.25, 0.3) is 0 Å². The first-order valence-corrected chi connectivity index (χ1v) is 7.55. The summed E-state index contributed by atoms with van der Waals surface area (Å²) in [6.45, 7) is 4.48. The molecule has 1 saturated heterocycles. The third-order valence-corrected chi connectivity index (χ3v) is 3.94. The molecule has 0 aromatic carbocycles. The Morgan fingerprint density at radius 1 is 1.50 bits per heavy atom. The maximum absolute atomic E-state index is 11.8. The van der Waals surface area contributed by atoms with Gasteiger partial charge >= 0.3 is 5.97 Å². The van der Waals surface area contributed by atoms with Gasteiger partial charge in [-0.2, -0.15) is 0 Å². The molecule has 6 heteroatoms. The summed E-state index contributed by atoms with van der Waals surface area (Å²) < 4.78 is 5.09. The Kier molecular flexibility index (Phi) is 5.64. The fraction of sp³-hybridized carbons (Fsp3) is 0.571. The van der Waals surface area contributed by atoms with Crippen LogP contribution in [0.15, 0.2) is 12.1 Å². The normalized spacial score (nSPS) is 19.9. The molecule has 1 atom stereocenters. The Morgan fingerprint density at radius 2 is 2.30 bits per heavy atom. The minimum atomic E-state index is -0.109. The molecule has 0 bridgehead atoms. The van der Waals surface area contributed by atoms with Crippen LogP contribution in [0.3, 0.4) is 0 Å². The topological polar surface area (TPSA) is 42.4 Å². The van der Waals surface area contributed by atoms with Crippen molar-refractivity contribution in [3.8, 4) is 0 Å². The van der Waals surface area contributed by atoms with Gasteiger partial charge in [-0.05, 0) is 38.4 Å². The van der Waals surface area contributed by atoms with E-state index in [1.165, 1.54) is 0 Å². The van der Waals surface area contributed by atoms with Gasteiger partial charge in [0, 0.05) is 13.1 Å². The van der Waals surface area contributed by atoms with E-state index in [4.69, 9.17) is 27.9 Å². The van der Waals surface area contributed by atoms with Gasteiger partial charge in [-0.15, -0.1) is 0 Å². The van der Waals surface area contributed by atoms with E-state index in [0.29, 0.717) is 29.9 Å². The van der Waals surface area contributed by atoms with Crippen LogP contribution in [-0.4, -0.2) is 35.5 Å². The van der Waals surface area contributed by atoms with E-state index < -0.39 is 0 Å². The van der Waals surface area contributed by atoms with Crippen molar-refractivity contribution in [2.75, 3.05) is 19.7 Å². The molecule has 2 heterocycles. The molecule has 0 unspecified atom stereocenters. The highest BCUT2D eigenvalue weighted by molar-refractivity contribution is 6.32. The molecule has 1 aliphatic heterocycles. The molecule has 0 radical (unpaired) electrons. The average molecular weight is 317 g/mol. The lowest BCUT2D eigenvalue weighted by Crippen LogP contribution is -2.39. The lowest BCUT2D eigenvalue weighted by molar-refractivity contribution is -0.150. The summed E-state index contributed by atoms with van der Waals surface area (Å²) in [6, 6.07) is 3.42. The van der Waals surface area contributed by atoms with Gasteiger partial charge in [0.2, 0.25) is 0 Å². The fourth-order valence-electron chi connectivity index (χ4n) is 2.43. The third kappa shape index (κ3) is 4.08. The number of aromatic nitrogens is 1. The van der Waals surface area contributed by atoms with Crippen LogP contribution in [0.25, 0.3) is 0 Å². The number of halogens is 2. The van der Waals surface area contributed by atoms with Crippen molar-refractivity contribution in [3.63, 3.8) is 0 Å². The molecule has 1 aliphatic rings. The average Bonchev–Trinajstić information content (AvgIpc) is 2.43. The van der Waals surface area contributed by atoms with Crippen molar-refractivity contribution in [1.82, 2.24) is 9.88 Å². The van der Waals surface area contributed by atoms with Crippen molar-refractivity contribution in [1.29, 1.82) is 0 Å². The first kappa shape index (κ1) is 15.5. The van der Waals surface area contributed by atoms with Crippen LogP contribution in [-0.2, 0) is 16.1 Å². The zero-order valence-corrected chi connectivity index (χ0v) is 13.0. The molecule has 0 N–H and O–H groups in total. The van der Waals surface area contributed by atoms with Gasteiger partial charge in [0.05, 0.1) is 23.2 Å². The Labute approximate surface area is 129 Å².